The second kappa shape index (κ2) is 8.94. The quantitative estimate of drug-likeness (QED) is 0.399. The minimum atomic E-state index is -0.0892. The molecule has 6 heteroatoms. The first-order valence-electron chi connectivity index (χ1n) is 12.7. The van der Waals surface area contributed by atoms with Gasteiger partial charge in [0.2, 0.25) is 5.91 Å². The summed E-state index contributed by atoms with van der Waals surface area (Å²) in [5.74, 6) is 3.08. The fraction of sp³-hybridized carbons (Fsp3) is 0.414. The van der Waals surface area contributed by atoms with E-state index >= 15 is 0 Å². The van der Waals surface area contributed by atoms with Gasteiger partial charge in [0.05, 0.1) is 24.0 Å². The summed E-state index contributed by atoms with van der Waals surface area (Å²) in [5, 5.41) is 3.74. The average molecular weight is 487 g/mol. The number of anilines is 2. The number of aromatic nitrogens is 2. The predicted molar refractivity (Wildman–Crippen MR) is 140 cm³/mol. The maximum absolute atomic E-state index is 12.9. The molecule has 4 fully saturated rings. The van der Waals surface area contributed by atoms with Crippen molar-refractivity contribution in [3.05, 3.63) is 71.0 Å². The van der Waals surface area contributed by atoms with Crippen LogP contribution in [-0.2, 0) is 17.6 Å². The number of amides is 1. The number of rotatable bonds is 6. The highest BCUT2D eigenvalue weighted by atomic mass is 35.5. The van der Waals surface area contributed by atoms with E-state index in [2.05, 4.69) is 5.32 Å². The highest BCUT2D eigenvalue weighted by Crippen LogP contribution is 2.61. The van der Waals surface area contributed by atoms with Crippen molar-refractivity contribution in [3.8, 4) is 11.3 Å². The topological polar surface area (TPSA) is 80.9 Å². The Labute approximate surface area is 211 Å². The van der Waals surface area contributed by atoms with Gasteiger partial charge in [-0.2, -0.15) is 0 Å². The zero-order valence-corrected chi connectivity index (χ0v) is 20.6. The lowest BCUT2D eigenvalue weighted by atomic mass is 9.48. The van der Waals surface area contributed by atoms with Gasteiger partial charge in [-0.1, -0.05) is 35.9 Å². The van der Waals surface area contributed by atoms with Crippen LogP contribution in [0.15, 0.2) is 54.7 Å². The Hall–Kier alpha value is -2.92. The normalized spacial score (nSPS) is 26.6. The van der Waals surface area contributed by atoms with E-state index in [0.29, 0.717) is 16.3 Å². The van der Waals surface area contributed by atoms with Crippen LogP contribution in [0, 0.1) is 23.2 Å². The van der Waals surface area contributed by atoms with Crippen LogP contribution in [0.5, 0.6) is 0 Å². The molecule has 3 aromatic rings. The number of hydrogen-bond acceptors (Lipinski definition) is 4. The first kappa shape index (κ1) is 22.5. The smallest absolute Gasteiger partial charge is 0.229 e. The minimum Gasteiger partial charge on any atom is -0.399 e. The second-order valence-electron chi connectivity index (χ2n) is 11.1. The molecule has 2 aromatic carbocycles. The van der Waals surface area contributed by atoms with E-state index in [9.17, 15) is 4.79 Å². The second-order valence-corrected chi connectivity index (χ2v) is 11.6. The van der Waals surface area contributed by atoms with E-state index < -0.39 is 0 Å². The predicted octanol–water partition coefficient (Wildman–Crippen LogP) is 6.32. The lowest BCUT2D eigenvalue weighted by Gasteiger charge is -2.57. The van der Waals surface area contributed by atoms with Crippen molar-refractivity contribution in [2.45, 2.75) is 51.4 Å². The van der Waals surface area contributed by atoms with E-state index in [-0.39, 0.29) is 12.3 Å². The fourth-order valence-corrected chi connectivity index (χ4v) is 7.40. The Morgan fingerprint density at radius 3 is 2.23 bits per heavy atom. The van der Waals surface area contributed by atoms with Crippen molar-refractivity contribution < 1.29 is 4.79 Å². The van der Waals surface area contributed by atoms with Gasteiger partial charge in [-0.15, -0.1) is 0 Å². The summed E-state index contributed by atoms with van der Waals surface area (Å²) in [6, 6.07) is 15.1. The van der Waals surface area contributed by atoms with E-state index in [1.54, 1.807) is 6.20 Å². The van der Waals surface area contributed by atoms with Gasteiger partial charge in [-0.25, -0.2) is 9.97 Å². The molecule has 1 amide bonds. The highest BCUT2D eigenvalue weighted by molar-refractivity contribution is 6.30. The Balaban J connectivity index is 1.29. The maximum atomic E-state index is 12.9. The molecule has 0 atom stereocenters. The fourth-order valence-electron chi connectivity index (χ4n) is 7.27. The van der Waals surface area contributed by atoms with Gasteiger partial charge < -0.3 is 11.1 Å². The zero-order chi connectivity index (χ0) is 24.0. The van der Waals surface area contributed by atoms with Gasteiger partial charge in [0.15, 0.2) is 5.82 Å². The molecular formula is C29H31ClN4O. The molecule has 3 N–H and O–H groups in total. The summed E-state index contributed by atoms with van der Waals surface area (Å²) in [5.41, 5.74) is 10.5. The highest BCUT2D eigenvalue weighted by Gasteiger charge is 2.51. The summed E-state index contributed by atoms with van der Waals surface area (Å²) < 4.78 is 0. The number of nitrogens with two attached hydrogens (primary N) is 1. The third-order valence-corrected chi connectivity index (χ3v) is 8.55. The molecule has 5 nitrogen and oxygen atoms in total. The first-order valence-corrected chi connectivity index (χ1v) is 13.1. The van der Waals surface area contributed by atoms with Crippen molar-refractivity contribution in [2.75, 3.05) is 11.1 Å². The summed E-state index contributed by atoms with van der Waals surface area (Å²) >= 11 is 5.99. The van der Waals surface area contributed by atoms with Gasteiger partial charge in [-0.3, -0.25) is 4.79 Å². The van der Waals surface area contributed by atoms with Crippen LogP contribution < -0.4 is 11.1 Å². The van der Waals surface area contributed by atoms with Crippen molar-refractivity contribution in [3.63, 3.8) is 0 Å². The van der Waals surface area contributed by atoms with Crippen LogP contribution in [0.4, 0.5) is 11.5 Å². The Kier molecular flexibility index (Phi) is 5.76. The largest absolute Gasteiger partial charge is 0.399 e. The molecule has 4 aliphatic rings. The number of benzene rings is 2. The molecule has 4 bridgehead atoms. The number of carbonyl (C=O) groups is 1. The Morgan fingerprint density at radius 2 is 1.60 bits per heavy atom. The molecule has 1 heterocycles. The van der Waals surface area contributed by atoms with Crippen LogP contribution in [-0.4, -0.2) is 15.9 Å². The van der Waals surface area contributed by atoms with E-state index in [1.165, 1.54) is 38.5 Å². The summed E-state index contributed by atoms with van der Waals surface area (Å²) in [6.45, 7) is 0. The lowest BCUT2D eigenvalue weighted by molar-refractivity contribution is -0.115. The van der Waals surface area contributed by atoms with Crippen LogP contribution >= 0.6 is 11.6 Å². The van der Waals surface area contributed by atoms with Gasteiger partial charge in [0.25, 0.3) is 0 Å². The maximum Gasteiger partial charge on any atom is 0.229 e. The molecule has 0 unspecified atom stereocenters. The van der Waals surface area contributed by atoms with Crippen LogP contribution in [0.1, 0.15) is 49.8 Å². The first-order chi connectivity index (χ1) is 16.9. The molecule has 1 aromatic heterocycles. The monoisotopic (exact) mass is 486 g/mol. The SMILES string of the molecule is Nc1ccc(-c2cnc(NC(=O)Cc3ccc(Cl)cc3)c(CC34CC5CC(CC(C5)C3)C4)n2)cc1. The summed E-state index contributed by atoms with van der Waals surface area (Å²) in [4.78, 5) is 22.8. The molecule has 4 saturated carbocycles. The van der Waals surface area contributed by atoms with Crippen LogP contribution in [0.25, 0.3) is 11.3 Å². The molecule has 0 saturated heterocycles. The number of nitrogens with zero attached hydrogens (tertiary/aromatic N) is 2. The van der Waals surface area contributed by atoms with Gasteiger partial charge in [0.1, 0.15) is 0 Å². The standard InChI is InChI=1S/C29H31ClN4O/c30-23-5-1-18(2-6-23)12-27(35)34-28-25(33-26(17-32-28)22-3-7-24(31)8-4-22)16-29-13-19-9-20(14-29)11-21(10-19)15-29/h1-8,17,19-21H,9-16,31H2,(H,32,34,35). The van der Waals surface area contributed by atoms with Crippen molar-refractivity contribution in [1.29, 1.82) is 0 Å². The van der Waals surface area contributed by atoms with E-state index in [1.807, 2.05) is 48.5 Å². The summed E-state index contributed by atoms with van der Waals surface area (Å²) in [7, 11) is 0. The van der Waals surface area contributed by atoms with Gasteiger partial charge in [0, 0.05) is 16.3 Å². The Morgan fingerprint density at radius 1 is 0.971 bits per heavy atom. The van der Waals surface area contributed by atoms with Crippen molar-refractivity contribution >= 4 is 29.0 Å². The number of hydrogen-bond donors (Lipinski definition) is 2. The molecular weight excluding hydrogens is 456 g/mol. The number of halogens is 1. The zero-order valence-electron chi connectivity index (χ0n) is 19.8. The number of nitrogen functional groups attached to an aromatic ring is 1. The Bertz CT molecular complexity index is 1200. The molecule has 0 aliphatic heterocycles. The van der Waals surface area contributed by atoms with E-state index in [4.69, 9.17) is 27.3 Å². The molecule has 4 aliphatic carbocycles. The third kappa shape index (κ3) is 4.79. The van der Waals surface area contributed by atoms with Crippen molar-refractivity contribution in [2.24, 2.45) is 23.2 Å². The number of nitrogens with one attached hydrogen (secondary N) is 1. The molecule has 35 heavy (non-hydrogen) atoms. The lowest BCUT2D eigenvalue weighted by Crippen LogP contribution is -2.47. The molecule has 7 rings (SSSR count). The molecule has 0 radical (unpaired) electrons. The molecule has 180 valence electrons. The molecule has 0 spiro atoms. The average Bonchev–Trinajstić information content (AvgIpc) is 2.81. The number of carbonyl (C=O) groups excluding carboxylic acids is 1. The summed E-state index contributed by atoms with van der Waals surface area (Å²) in [6.07, 6.45) is 11.0. The van der Waals surface area contributed by atoms with Crippen LogP contribution in [0.2, 0.25) is 5.02 Å². The van der Waals surface area contributed by atoms with E-state index in [0.717, 1.165) is 52.4 Å². The third-order valence-electron chi connectivity index (χ3n) is 8.29. The van der Waals surface area contributed by atoms with Gasteiger partial charge in [-0.05, 0) is 97.9 Å². The van der Waals surface area contributed by atoms with Crippen LogP contribution in [0.3, 0.4) is 0 Å². The minimum absolute atomic E-state index is 0.0892. The van der Waals surface area contributed by atoms with Gasteiger partial charge >= 0.3 is 0 Å². The van der Waals surface area contributed by atoms with Crippen molar-refractivity contribution in [1.82, 2.24) is 9.97 Å².